The van der Waals surface area contributed by atoms with Crippen molar-refractivity contribution in [3.05, 3.63) is 17.5 Å². The van der Waals surface area contributed by atoms with Crippen molar-refractivity contribution >= 4 is 39.8 Å². The van der Waals surface area contributed by atoms with Crippen LogP contribution in [-0.2, 0) is 16.4 Å². The summed E-state index contributed by atoms with van der Waals surface area (Å²) in [5.74, 6) is 1.60. The van der Waals surface area contributed by atoms with Gasteiger partial charge in [-0.25, -0.2) is 13.4 Å². The van der Waals surface area contributed by atoms with E-state index in [0.717, 1.165) is 5.69 Å². The Kier molecular flexibility index (Phi) is 10.00. The molecule has 0 bridgehead atoms. The lowest BCUT2D eigenvalue weighted by molar-refractivity contribution is 0.376. The van der Waals surface area contributed by atoms with Crippen LogP contribution in [0.25, 0.3) is 0 Å². The molecule has 1 aromatic rings. The topological polar surface area (TPSA) is 96.6 Å². The van der Waals surface area contributed by atoms with Gasteiger partial charge in [0.1, 0.15) is 6.54 Å². The van der Waals surface area contributed by atoms with E-state index in [9.17, 15) is 8.42 Å². The Hall–Kier alpha value is -0.840. The number of nitrogens with zero attached hydrogens (tertiary/aromatic N) is 2. The average molecular weight is 486 g/mol. The van der Waals surface area contributed by atoms with Crippen molar-refractivity contribution in [2.24, 2.45) is 4.99 Å². The Morgan fingerprint density at radius 2 is 1.96 bits per heavy atom. The normalized spacial score (nSPS) is 12.8. The molecule has 0 amide bonds. The second kappa shape index (κ2) is 10.3. The zero-order valence-electron chi connectivity index (χ0n) is 15.9. The Labute approximate surface area is 168 Å². The first-order chi connectivity index (χ1) is 11.1. The number of aromatic nitrogens is 1. The zero-order chi connectivity index (χ0) is 18.4. The van der Waals surface area contributed by atoms with Gasteiger partial charge in [-0.3, -0.25) is 0 Å². The molecule has 7 nitrogen and oxygen atoms in total. The second-order valence-corrected chi connectivity index (χ2v) is 9.79. The molecule has 1 heterocycles. The van der Waals surface area contributed by atoms with Crippen LogP contribution in [0.4, 0.5) is 0 Å². The smallest absolute Gasteiger partial charge is 0.191 e. The molecule has 1 rings (SSSR count). The predicted octanol–water partition coefficient (Wildman–Crippen LogP) is 2.68. The standard InChI is InChI=1S/C16H30N4O3S.HI/c1-7-17-15(18-8-9-24(21,22)16(4,5)6)19-11-13-10-14(12(2)3)20-23-13;/h10,12H,7-9,11H2,1-6H3,(H2,17,18,19);1H. The maximum absolute atomic E-state index is 12.1. The molecule has 0 radical (unpaired) electrons. The molecule has 1 aromatic heterocycles. The number of nitrogens with one attached hydrogen (secondary N) is 2. The van der Waals surface area contributed by atoms with E-state index >= 15 is 0 Å². The third-order valence-electron chi connectivity index (χ3n) is 3.50. The fourth-order valence-electron chi connectivity index (χ4n) is 1.78. The molecule has 0 unspecified atom stereocenters. The molecule has 25 heavy (non-hydrogen) atoms. The average Bonchev–Trinajstić information content (AvgIpc) is 2.92. The molecule has 0 atom stereocenters. The third kappa shape index (κ3) is 7.93. The number of aliphatic imine (C=N–C) groups is 1. The molecule has 0 saturated carbocycles. The highest BCUT2D eigenvalue weighted by molar-refractivity contribution is 14.0. The molecular formula is C16H31IN4O3S. The summed E-state index contributed by atoms with van der Waals surface area (Å²) in [6.07, 6.45) is 0. The van der Waals surface area contributed by atoms with E-state index in [4.69, 9.17) is 4.52 Å². The van der Waals surface area contributed by atoms with Crippen molar-refractivity contribution in [3.63, 3.8) is 0 Å². The highest BCUT2D eigenvalue weighted by Gasteiger charge is 2.28. The van der Waals surface area contributed by atoms with E-state index in [1.54, 1.807) is 20.8 Å². The molecule has 0 aliphatic carbocycles. The maximum atomic E-state index is 12.1. The van der Waals surface area contributed by atoms with Gasteiger partial charge in [-0.1, -0.05) is 19.0 Å². The second-order valence-electron chi connectivity index (χ2n) is 6.93. The molecular weight excluding hydrogens is 455 g/mol. The largest absolute Gasteiger partial charge is 0.359 e. The monoisotopic (exact) mass is 486 g/mol. The van der Waals surface area contributed by atoms with Gasteiger partial charge in [-0.05, 0) is 33.6 Å². The number of halogens is 1. The van der Waals surface area contributed by atoms with E-state index in [2.05, 4.69) is 20.8 Å². The lowest BCUT2D eigenvalue weighted by Gasteiger charge is -2.19. The summed E-state index contributed by atoms with van der Waals surface area (Å²) < 4.78 is 28.7. The molecule has 0 saturated heterocycles. The number of hydrogen-bond donors (Lipinski definition) is 2. The van der Waals surface area contributed by atoms with E-state index in [-0.39, 0.29) is 29.7 Å². The van der Waals surface area contributed by atoms with Crippen LogP contribution in [0.5, 0.6) is 0 Å². The van der Waals surface area contributed by atoms with Gasteiger partial charge in [0.25, 0.3) is 0 Å². The first-order valence-corrected chi connectivity index (χ1v) is 9.92. The molecule has 146 valence electrons. The van der Waals surface area contributed by atoms with Gasteiger partial charge in [0.15, 0.2) is 21.6 Å². The van der Waals surface area contributed by atoms with Crippen LogP contribution in [0.15, 0.2) is 15.6 Å². The number of sulfone groups is 1. The fourth-order valence-corrected chi connectivity index (χ4v) is 2.77. The van der Waals surface area contributed by atoms with Gasteiger partial charge >= 0.3 is 0 Å². The number of guanidine groups is 1. The van der Waals surface area contributed by atoms with Crippen molar-refractivity contribution in [3.8, 4) is 0 Å². The van der Waals surface area contributed by atoms with Gasteiger partial charge in [0.2, 0.25) is 0 Å². The van der Waals surface area contributed by atoms with Crippen molar-refractivity contribution in [1.29, 1.82) is 0 Å². The van der Waals surface area contributed by atoms with Crippen LogP contribution < -0.4 is 10.6 Å². The van der Waals surface area contributed by atoms with E-state index in [0.29, 0.717) is 37.3 Å². The Morgan fingerprint density at radius 1 is 1.32 bits per heavy atom. The quantitative estimate of drug-likeness (QED) is 0.350. The molecule has 0 aromatic carbocycles. The maximum Gasteiger partial charge on any atom is 0.191 e. The zero-order valence-corrected chi connectivity index (χ0v) is 19.1. The van der Waals surface area contributed by atoms with Crippen molar-refractivity contribution in [2.75, 3.05) is 18.8 Å². The van der Waals surface area contributed by atoms with Crippen LogP contribution >= 0.6 is 24.0 Å². The van der Waals surface area contributed by atoms with Crippen LogP contribution in [0.1, 0.15) is 58.9 Å². The molecule has 0 aliphatic rings. The lowest BCUT2D eigenvalue weighted by atomic mass is 10.1. The van der Waals surface area contributed by atoms with E-state index < -0.39 is 14.6 Å². The van der Waals surface area contributed by atoms with Crippen LogP contribution in [0.3, 0.4) is 0 Å². The van der Waals surface area contributed by atoms with Gasteiger partial charge in [-0.15, -0.1) is 24.0 Å². The Balaban J connectivity index is 0.00000576. The van der Waals surface area contributed by atoms with E-state index in [1.807, 2.05) is 26.8 Å². The first kappa shape index (κ1) is 24.2. The van der Waals surface area contributed by atoms with Crippen molar-refractivity contribution < 1.29 is 12.9 Å². The summed E-state index contributed by atoms with van der Waals surface area (Å²) in [7, 11) is -3.16. The molecule has 9 heteroatoms. The summed E-state index contributed by atoms with van der Waals surface area (Å²) >= 11 is 0. The lowest BCUT2D eigenvalue weighted by Crippen LogP contribution is -2.41. The van der Waals surface area contributed by atoms with Gasteiger partial charge in [0.05, 0.1) is 16.2 Å². The predicted molar refractivity (Wildman–Crippen MR) is 112 cm³/mol. The Morgan fingerprint density at radius 3 is 2.44 bits per heavy atom. The van der Waals surface area contributed by atoms with Gasteiger partial charge < -0.3 is 15.2 Å². The third-order valence-corrected chi connectivity index (χ3v) is 6.11. The molecule has 2 N–H and O–H groups in total. The van der Waals surface area contributed by atoms with E-state index in [1.165, 1.54) is 0 Å². The Bertz CT molecular complexity index is 649. The fraction of sp³-hybridized carbons (Fsp3) is 0.750. The molecule has 0 spiro atoms. The highest BCUT2D eigenvalue weighted by atomic mass is 127. The summed E-state index contributed by atoms with van der Waals surface area (Å²) in [5, 5.41) is 10.1. The van der Waals surface area contributed by atoms with Crippen LogP contribution in [0, 0.1) is 0 Å². The summed E-state index contributed by atoms with van der Waals surface area (Å²) in [5.41, 5.74) is 0.898. The van der Waals surface area contributed by atoms with Crippen molar-refractivity contribution in [1.82, 2.24) is 15.8 Å². The summed E-state index contributed by atoms with van der Waals surface area (Å²) in [6, 6.07) is 1.89. The first-order valence-electron chi connectivity index (χ1n) is 8.26. The molecule has 0 aliphatic heterocycles. The summed E-state index contributed by atoms with van der Waals surface area (Å²) in [6.45, 7) is 12.5. The van der Waals surface area contributed by atoms with Crippen molar-refractivity contribution in [2.45, 2.75) is 58.8 Å². The minimum absolute atomic E-state index is 0. The SMILES string of the molecule is CCNC(=NCc1cc(C(C)C)no1)NCCS(=O)(=O)C(C)(C)C.I. The minimum atomic E-state index is -3.16. The van der Waals surface area contributed by atoms with Gasteiger partial charge in [0, 0.05) is 19.2 Å². The highest BCUT2D eigenvalue weighted by Crippen LogP contribution is 2.15. The number of rotatable bonds is 7. The minimum Gasteiger partial charge on any atom is -0.359 e. The number of hydrogen-bond acceptors (Lipinski definition) is 5. The summed E-state index contributed by atoms with van der Waals surface area (Å²) in [4.78, 5) is 4.40. The molecule has 0 fully saturated rings. The van der Waals surface area contributed by atoms with Crippen LogP contribution in [-0.4, -0.2) is 43.1 Å². The van der Waals surface area contributed by atoms with Gasteiger partial charge in [-0.2, -0.15) is 0 Å². The van der Waals surface area contributed by atoms with Crippen LogP contribution in [0.2, 0.25) is 0 Å².